The first-order valence-corrected chi connectivity index (χ1v) is 5.18. The molecular weight excluding hydrogens is 178 g/mol. The Kier molecular flexibility index (Phi) is 3.63. The quantitative estimate of drug-likeness (QED) is 0.776. The first kappa shape index (κ1) is 11.2. The monoisotopic (exact) mass is 197 g/mol. The van der Waals surface area contributed by atoms with Crippen LogP contribution in [0.1, 0.15) is 39.4 Å². The molecule has 0 aliphatic heterocycles. The van der Waals surface area contributed by atoms with Gasteiger partial charge in [0.05, 0.1) is 5.60 Å². The normalized spacial score (nSPS) is 15.4. The minimum Gasteiger partial charge on any atom is -0.390 e. The largest absolute Gasteiger partial charge is 0.390 e. The van der Waals surface area contributed by atoms with E-state index in [0.717, 1.165) is 25.2 Å². The summed E-state index contributed by atoms with van der Waals surface area (Å²) >= 11 is 0. The van der Waals surface area contributed by atoms with E-state index in [-0.39, 0.29) is 0 Å². The highest BCUT2D eigenvalue weighted by Crippen LogP contribution is 2.14. The Balaban J connectivity index is 2.70. The summed E-state index contributed by atoms with van der Waals surface area (Å²) in [7, 11) is 0. The summed E-state index contributed by atoms with van der Waals surface area (Å²) in [5.41, 5.74) is -0.668. The van der Waals surface area contributed by atoms with Gasteiger partial charge in [0.1, 0.15) is 12.2 Å². The molecule has 0 radical (unpaired) electrons. The fourth-order valence-corrected chi connectivity index (χ4v) is 1.29. The van der Waals surface area contributed by atoms with E-state index in [0.29, 0.717) is 6.42 Å². The highest BCUT2D eigenvalue weighted by Gasteiger charge is 2.21. The molecule has 1 heterocycles. The van der Waals surface area contributed by atoms with Crippen LogP contribution in [-0.4, -0.2) is 25.5 Å². The molecule has 4 nitrogen and oxygen atoms in total. The van der Waals surface area contributed by atoms with Crippen LogP contribution in [0.5, 0.6) is 0 Å². The van der Waals surface area contributed by atoms with Crippen LogP contribution in [0.3, 0.4) is 0 Å². The maximum atomic E-state index is 9.91. The third-order valence-electron chi connectivity index (χ3n) is 2.43. The number of rotatable bonds is 5. The van der Waals surface area contributed by atoms with Gasteiger partial charge >= 0.3 is 0 Å². The lowest BCUT2D eigenvalue weighted by molar-refractivity contribution is 0.0532. The van der Waals surface area contributed by atoms with Crippen molar-refractivity contribution >= 4 is 0 Å². The Morgan fingerprint density at radius 3 is 2.79 bits per heavy atom. The lowest BCUT2D eigenvalue weighted by Gasteiger charge is -2.20. The lowest BCUT2D eigenvalue weighted by atomic mass is 9.99. The Hall–Kier alpha value is -0.900. The van der Waals surface area contributed by atoms with E-state index >= 15 is 0 Å². The third kappa shape index (κ3) is 2.80. The second kappa shape index (κ2) is 4.55. The number of aryl methyl sites for hydroxylation is 1. The number of aliphatic hydroxyl groups is 1. The number of nitrogens with zero attached hydrogens (tertiary/aromatic N) is 3. The standard InChI is InChI=1S/C10H19N3O/c1-4-6-13-9(11-8-12-13)7-10(3,14)5-2/h8,14H,4-7H2,1-3H3. The smallest absolute Gasteiger partial charge is 0.138 e. The second-order valence-electron chi connectivity index (χ2n) is 3.93. The van der Waals surface area contributed by atoms with Gasteiger partial charge in [-0.2, -0.15) is 5.10 Å². The highest BCUT2D eigenvalue weighted by atomic mass is 16.3. The van der Waals surface area contributed by atoms with E-state index < -0.39 is 5.60 Å². The second-order valence-corrected chi connectivity index (χ2v) is 3.93. The van der Waals surface area contributed by atoms with Crippen LogP contribution < -0.4 is 0 Å². The maximum Gasteiger partial charge on any atom is 0.138 e. The van der Waals surface area contributed by atoms with E-state index in [9.17, 15) is 5.11 Å². The fourth-order valence-electron chi connectivity index (χ4n) is 1.29. The van der Waals surface area contributed by atoms with E-state index in [1.54, 1.807) is 6.33 Å². The van der Waals surface area contributed by atoms with Gasteiger partial charge in [0, 0.05) is 13.0 Å². The van der Waals surface area contributed by atoms with Crippen LogP contribution in [0.2, 0.25) is 0 Å². The predicted octanol–water partition coefficient (Wildman–Crippen LogP) is 1.39. The van der Waals surface area contributed by atoms with E-state index in [4.69, 9.17) is 0 Å². The summed E-state index contributed by atoms with van der Waals surface area (Å²) in [6.45, 7) is 6.77. The zero-order chi connectivity index (χ0) is 10.6. The fraction of sp³-hybridized carbons (Fsp3) is 0.800. The Bertz CT molecular complexity index is 281. The lowest BCUT2D eigenvalue weighted by Crippen LogP contribution is -2.28. The molecule has 0 fully saturated rings. The Morgan fingerprint density at radius 2 is 2.21 bits per heavy atom. The van der Waals surface area contributed by atoms with Gasteiger partial charge in [-0.1, -0.05) is 13.8 Å². The van der Waals surface area contributed by atoms with Crippen LogP contribution >= 0.6 is 0 Å². The Labute approximate surface area is 85.0 Å². The van der Waals surface area contributed by atoms with Crippen LogP contribution in [-0.2, 0) is 13.0 Å². The molecule has 0 saturated carbocycles. The van der Waals surface area contributed by atoms with Crippen LogP contribution in [0.15, 0.2) is 6.33 Å². The minimum atomic E-state index is -0.668. The minimum absolute atomic E-state index is 0.573. The van der Waals surface area contributed by atoms with Gasteiger partial charge in [-0.25, -0.2) is 4.98 Å². The molecule has 0 spiro atoms. The summed E-state index contributed by atoms with van der Waals surface area (Å²) < 4.78 is 1.87. The van der Waals surface area contributed by atoms with Crippen molar-refractivity contribution in [3.05, 3.63) is 12.2 Å². The molecule has 0 bridgehead atoms. The molecule has 1 rings (SSSR count). The molecule has 0 saturated heterocycles. The summed E-state index contributed by atoms with van der Waals surface area (Å²) in [4.78, 5) is 4.16. The molecule has 1 unspecified atom stereocenters. The molecule has 80 valence electrons. The van der Waals surface area contributed by atoms with Crippen LogP contribution in [0, 0.1) is 0 Å². The molecule has 4 heteroatoms. The summed E-state index contributed by atoms with van der Waals surface area (Å²) in [6.07, 6.45) is 3.89. The molecule has 0 aliphatic carbocycles. The van der Waals surface area contributed by atoms with Crippen molar-refractivity contribution in [1.82, 2.24) is 14.8 Å². The van der Waals surface area contributed by atoms with Crippen molar-refractivity contribution in [2.45, 2.75) is 52.2 Å². The highest BCUT2D eigenvalue weighted by molar-refractivity contribution is 4.92. The zero-order valence-corrected chi connectivity index (χ0v) is 9.19. The first-order chi connectivity index (χ1) is 6.59. The third-order valence-corrected chi connectivity index (χ3v) is 2.43. The average molecular weight is 197 g/mol. The van der Waals surface area contributed by atoms with Crippen LogP contribution in [0.4, 0.5) is 0 Å². The summed E-state index contributed by atoms with van der Waals surface area (Å²) in [6, 6.07) is 0. The van der Waals surface area contributed by atoms with Gasteiger partial charge in [0.2, 0.25) is 0 Å². The number of hydrogen-bond donors (Lipinski definition) is 1. The average Bonchev–Trinajstić information content (AvgIpc) is 2.53. The topological polar surface area (TPSA) is 50.9 Å². The van der Waals surface area contributed by atoms with Crippen LogP contribution in [0.25, 0.3) is 0 Å². The maximum absolute atomic E-state index is 9.91. The molecule has 1 aromatic heterocycles. The molecule has 1 aromatic rings. The van der Waals surface area contributed by atoms with Gasteiger partial charge in [0.15, 0.2) is 0 Å². The van der Waals surface area contributed by atoms with Crippen molar-refractivity contribution in [1.29, 1.82) is 0 Å². The molecule has 0 aromatic carbocycles. The van der Waals surface area contributed by atoms with Gasteiger partial charge in [0.25, 0.3) is 0 Å². The molecule has 14 heavy (non-hydrogen) atoms. The van der Waals surface area contributed by atoms with E-state index in [1.165, 1.54) is 0 Å². The zero-order valence-electron chi connectivity index (χ0n) is 9.19. The molecular formula is C10H19N3O. The first-order valence-electron chi connectivity index (χ1n) is 5.18. The van der Waals surface area contributed by atoms with Crippen molar-refractivity contribution < 1.29 is 5.11 Å². The van der Waals surface area contributed by atoms with Crippen molar-refractivity contribution in [3.8, 4) is 0 Å². The van der Waals surface area contributed by atoms with Gasteiger partial charge in [-0.3, -0.25) is 4.68 Å². The van der Waals surface area contributed by atoms with Crippen molar-refractivity contribution in [2.75, 3.05) is 0 Å². The van der Waals surface area contributed by atoms with E-state index in [2.05, 4.69) is 17.0 Å². The summed E-state index contributed by atoms with van der Waals surface area (Å²) in [5, 5.41) is 14.0. The molecule has 0 aliphatic rings. The van der Waals surface area contributed by atoms with Gasteiger partial charge in [-0.15, -0.1) is 0 Å². The van der Waals surface area contributed by atoms with Gasteiger partial charge in [-0.05, 0) is 19.8 Å². The molecule has 1 N–H and O–H groups in total. The number of aromatic nitrogens is 3. The predicted molar refractivity (Wildman–Crippen MR) is 54.9 cm³/mol. The van der Waals surface area contributed by atoms with Gasteiger partial charge < -0.3 is 5.11 Å². The molecule has 0 amide bonds. The number of hydrogen-bond acceptors (Lipinski definition) is 3. The summed E-state index contributed by atoms with van der Waals surface area (Å²) in [5.74, 6) is 0.874. The van der Waals surface area contributed by atoms with Crippen molar-refractivity contribution in [3.63, 3.8) is 0 Å². The SMILES string of the molecule is CCCn1ncnc1CC(C)(O)CC. The van der Waals surface area contributed by atoms with E-state index in [1.807, 2.05) is 18.5 Å². The molecule has 1 atom stereocenters. The Morgan fingerprint density at radius 1 is 1.50 bits per heavy atom. The van der Waals surface area contributed by atoms with Crippen molar-refractivity contribution in [2.24, 2.45) is 0 Å².